The molecule has 0 saturated heterocycles. The molecule has 3 aromatic rings. The van der Waals surface area contributed by atoms with Crippen LogP contribution in [-0.4, -0.2) is 58.7 Å². The van der Waals surface area contributed by atoms with E-state index in [1.54, 1.807) is 37.4 Å². The molecule has 9 heteroatoms. The number of hydrogen-bond donors (Lipinski definition) is 2. The summed E-state index contributed by atoms with van der Waals surface area (Å²) in [7, 11) is -1.97. The molecule has 0 spiro atoms. The van der Waals surface area contributed by atoms with E-state index in [1.165, 1.54) is 0 Å². The number of nitrogens with two attached hydrogens (primary N) is 1. The maximum atomic E-state index is 13.3. The molecular formula is C31H40N2O6S. The predicted octanol–water partition coefficient (Wildman–Crippen LogP) is 3.93. The van der Waals surface area contributed by atoms with Gasteiger partial charge in [-0.1, -0.05) is 67.6 Å². The van der Waals surface area contributed by atoms with Crippen molar-refractivity contribution in [1.29, 1.82) is 0 Å². The summed E-state index contributed by atoms with van der Waals surface area (Å²) in [6.45, 7) is 3.05. The number of carbonyl (C=O) groups excluding carboxylic acids is 1. The minimum atomic E-state index is -3.59. The molecular weight excluding hydrogens is 528 g/mol. The molecule has 40 heavy (non-hydrogen) atoms. The molecule has 3 aromatic carbocycles. The number of nitrogens with one attached hydrogen (secondary N) is 1. The number of carbonyl (C=O) groups is 1. The van der Waals surface area contributed by atoms with Crippen LogP contribution in [0.5, 0.6) is 5.75 Å². The van der Waals surface area contributed by atoms with E-state index in [9.17, 15) is 13.2 Å². The fraction of sp³-hybridized carbons (Fsp3) is 0.387. The van der Waals surface area contributed by atoms with Gasteiger partial charge in [0.15, 0.2) is 15.9 Å². The number of esters is 1. The van der Waals surface area contributed by atoms with Crippen LogP contribution >= 0.6 is 0 Å². The number of ether oxygens (including phenoxy) is 3. The lowest BCUT2D eigenvalue weighted by molar-refractivity contribution is -0.163. The third-order valence-electron chi connectivity index (χ3n) is 6.41. The Bertz CT molecular complexity index is 1270. The zero-order valence-electron chi connectivity index (χ0n) is 23.2. The summed E-state index contributed by atoms with van der Waals surface area (Å²) < 4.78 is 42.7. The Morgan fingerprint density at radius 3 is 2.30 bits per heavy atom. The van der Waals surface area contributed by atoms with E-state index < -0.39 is 34.1 Å². The van der Waals surface area contributed by atoms with E-state index >= 15 is 0 Å². The van der Waals surface area contributed by atoms with Gasteiger partial charge in [-0.2, -0.15) is 0 Å². The maximum absolute atomic E-state index is 13.3. The Kier molecular flexibility index (Phi) is 12.6. The summed E-state index contributed by atoms with van der Waals surface area (Å²) in [6.07, 6.45) is -0.537. The molecule has 0 saturated carbocycles. The molecule has 0 fully saturated rings. The first-order valence-electron chi connectivity index (χ1n) is 13.6. The van der Waals surface area contributed by atoms with Crippen LogP contribution in [0.4, 0.5) is 0 Å². The van der Waals surface area contributed by atoms with Gasteiger partial charge in [0.1, 0.15) is 11.9 Å². The van der Waals surface area contributed by atoms with E-state index in [2.05, 4.69) is 5.32 Å². The van der Waals surface area contributed by atoms with Crippen molar-refractivity contribution in [2.75, 3.05) is 26.0 Å². The van der Waals surface area contributed by atoms with Gasteiger partial charge in [-0.25, -0.2) is 13.2 Å². The fourth-order valence-corrected chi connectivity index (χ4v) is 5.53. The lowest BCUT2D eigenvalue weighted by atomic mass is 10.0. The SMILES string of the molecule is CCCOC(CCS(=O)(=O)c1ccccc1)C(=O)O[C@H](CNCc1cccc(OC)c1)[C@@H](N)Cc1ccccc1. The molecule has 3 N–H and O–H groups in total. The van der Waals surface area contributed by atoms with E-state index in [4.69, 9.17) is 19.9 Å². The van der Waals surface area contributed by atoms with Crippen molar-refractivity contribution in [2.45, 2.75) is 55.9 Å². The zero-order valence-corrected chi connectivity index (χ0v) is 24.0. The number of benzene rings is 3. The summed E-state index contributed by atoms with van der Waals surface area (Å²) in [5.41, 5.74) is 8.60. The Morgan fingerprint density at radius 2 is 1.62 bits per heavy atom. The van der Waals surface area contributed by atoms with Crippen LogP contribution in [0.2, 0.25) is 0 Å². The standard InChI is InChI=1S/C31H40N2O6S/c1-3-18-38-29(17-19-40(35,36)27-15-8-5-9-16-27)31(34)39-30(28(32)21-24-11-6-4-7-12-24)23-33-22-25-13-10-14-26(20-25)37-2/h4-16,20,28-30,33H,3,17-19,21-23,32H2,1-2H3/t28-,29?,30+/m0/s1. The van der Waals surface area contributed by atoms with E-state index in [0.717, 1.165) is 16.9 Å². The molecule has 216 valence electrons. The van der Waals surface area contributed by atoms with Gasteiger partial charge < -0.3 is 25.3 Å². The molecule has 0 radical (unpaired) electrons. The average molecular weight is 569 g/mol. The van der Waals surface area contributed by atoms with Crippen molar-refractivity contribution >= 4 is 15.8 Å². The fourth-order valence-electron chi connectivity index (χ4n) is 4.20. The molecule has 0 aliphatic rings. The highest BCUT2D eigenvalue weighted by atomic mass is 32.2. The Labute approximate surface area is 237 Å². The molecule has 0 aromatic heterocycles. The van der Waals surface area contributed by atoms with E-state index in [-0.39, 0.29) is 17.1 Å². The molecule has 0 bridgehead atoms. The second-order valence-electron chi connectivity index (χ2n) is 9.59. The molecule has 0 heterocycles. The minimum Gasteiger partial charge on any atom is -0.497 e. The van der Waals surface area contributed by atoms with Crippen molar-refractivity contribution in [3.63, 3.8) is 0 Å². The first kappa shape index (κ1) is 31.3. The summed E-state index contributed by atoms with van der Waals surface area (Å²) in [4.78, 5) is 13.6. The topological polar surface area (TPSA) is 117 Å². The summed E-state index contributed by atoms with van der Waals surface area (Å²) in [6, 6.07) is 25.1. The summed E-state index contributed by atoms with van der Waals surface area (Å²) >= 11 is 0. The van der Waals surface area contributed by atoms with Crippen LogP contribution < -0.4 is 15.8 Å². The van der Waals surface area contributed by atoms with Gasteiger partial charge in [0.05, 0.1) is 17.8 Å². The van der Waals surface area contributed by atoms with Crippen molar-refractivity contribution in [3.05, 3.63) is 96.1 Å². The number of sulfone groups is 1. The first-order valence-corrected chi connectivity index (χ1v) is 15.2. The second-order valence-corrected chi connectivity index (χ2v) is 11.7. The largest absolute Gasteiger partial charge is 0.497 e. The highest BCUT2D eigenvalue weighted by Crippen LogP contribution is 2.16. The van der Waals surface area contributed by atoms with Crippen LogP contribution in [-0.2, 0) is 37.1 Å². The van der Waals surface area contributed by atoms with Crippen molar-refractivity contribution < 1.29 is 27.4 Å². The zero-order chi connectivity index (χ0) is 28.8. The Morgan fingerprint density at radius 1 is 0.950 bits per heavy atom. The van der Waals surface area contributed by atoms with E-state index in [1.807, 2.05) is 61.5 Å². The van der Waals surface area contributed by atoms with E-state index in [0.29, 0.717) is 32.5 Å². The van der Waals surface area contributed by atoms with Gasteiger partial charge in [-0.15, -0.1) is 0 Å². The molecule has 0 amide bonds. The molecule has 0 aliphatic carbocycles. The van der Waals surface area contributed by atoms with Gasteiger partial charge >= 0.3 is 5.97 Å². The normalized spacial score (nSPS) is 13.8. The number of hydrogen-bond acceptors (Lipinski definition) is 8. The van der Waals surface area contributed by atoms with Crippen LogP contribution in [0.3, 0.4) is 0 Å². The minimum absolute atomic E-state index is 0.0199. The number of methoxy groups -OCH3 is 1. The molecule has 3 atom stereocenters. The van der Waals surface area contributed by atoms with Crippen molar-refractivity contribution in [1.82, 2.24) is 5.32 Å². The number of rotatable bonds is 17. The predicted molar refractivity (Wildman–Crippen MR) is 156 cm³/mol. The smallest absolute Gasteiger partial charge is 0.335 e. The van der Waals surface area contributed by atoms with Crippen molar-refractivity contribution in [3.8, 4) is 5.75 Å². The van der Waals surface area contributed by atoms with Crippen LogP contribution in [0, 0.1) is 0 Å². The molecule has 8 nitrogen and oxygen atoms in total. The monoisotopic (exact) mass is 568 g/mol. The molecule has 3 rings (SSSR count). The quantitative estimate of drug-likeness (QED) is 0.235. The van der Waals surface area contributed by atoms with Gasteiger partial charge in [0, 0.05) is 25.7 Å². The lowest BCUT2D eigenvalue weighted by Crippen LogP contribution is -2.47. The third-order valence-corrected chi connectivity index (χ3v) is 8.17. The van der Waals surface area contributed by atoms with Gasteiger partial charge in [0.25, 0.3) is 0 Å². The van der Waals surface area contributed by atoms with Crippen LogP contribution in [0.1, 0.15) is 30.9 Å². The highest BCUT2D eigenvalue weighted by molar-refractivity contribution is 7.91. The van der Waals surface area contributed by atoms with Gasteiger partial charge in [-0.05, 0) is 54.7 Å². The molecule has 0 aliphatic heterocycles. The van der Waals surface area contributed by atoms with Crippen molar-refractivity contribution in [2.24, 2.45) is 5.73 Å². The Balaban J connectivity index is 1.70. The summed E-state index contributed by atoms with van der Waals surface area (Å²) in [5.74, 6) is -0.104. The Hall–Kier alpha value is -3.24. The second kappa shape index (κ2) is 16.1. The van der Waals surface area contributed by atoms with Gasteiger partial charge in [-0.3, -0.25) is 0 Å². The molecule has 1 unspecified atom stereocenters. The maximum Gasteiger partial charge on any atom is 0.335 e. The van der Waals surface area contributed by atoms with Crippen LogP contribution in [0.15, 0.2) is 89.8 Å². The third kappa shape index (κ3) is 10.1. The lowest BCUT2D eigenvalue weighted by Gasteiger charge is -2.27. The van der Waals surface area contributed by atoms with Gasteiger partial charge in [0.2, 0.25) is 0 Å². The highest BCUT2D eigenvalue weighted by Gasteiger charge is 2.29. The van der Waals surface area contributed by atoms with Crippen LogP contribution in [0.25, 0.3) is 0 Å². The first-order chi connectivity index (χ1) is 19.3. The summed E-state index contributed by atoms with van der Waals surface area (Å²) in [5, 5.41) is 3.34. The average Bonchev–Trinajstić information content (AvgIpc) is 2.97.